The van der Waals surface area contributed by atoms with Gasteiger partial charge in [-0.3, -0.25) is 0 Å². The topological polar surface area (TPSA) is 26.3 Å². The van der Waals surface area contributed by atoms with E-state index in [2.05, 4.69) is 4.74 Å². The highest BCUT2D eigenvalue weighted by atomic mass is 16.5. The Morgan fingerprint density at radius 2 is 2.04 bits per heavy atom. The quantitative estimate of drug-likeness (QED) is 0.369. The number of carbonyl (C=O) groups excluding carboxylic acids is 1. The molecule has 0 amide bonds. The summed E-state index contributed by atoms with van der Waals surface area (Å²) in [6.07, 6.45) is 9.26. The van der Waals surface area contributed by atoms with Gasteiger partial charge in [-0.15, -0.1) is 0 Å². The summed E-state index contributed by atoms with van der Waals surface area (Å²) in [6, 6.07) is 0. The summed E-state index contributed by atoms with van der Waals surface area (Å²) in [7, 11) is 1.32. The van der Waals surface area contributed by atoms with Gasteiger partial charge in [0, 0.05) is 12.9 Å². The third-order valence-corrected chi connectivity index (χ3v) is 3.83. The van der Waals surface area contributed by atoms with Crippen molar-refractivity contribution in [3.05, 3.63) is 58.7 Å². The molecule has 0 aromatic carbocycles. The van der Waals surface area contributed by atoms with Crippen molar-refractivity contribution in [1.29, 1.82) is 0 Å². The molecule has 2 nitrogen and oxygen atoms in total. The van der Waals surface area contributed by atoms with Crippen LogP contribution in [-0.4, -0.2) is 13.1 Å². The minimum atomic E-state index is -2.48. The van der Waals surface area contributed by atoms with E-state index in [1.807, 2.05) is 26.8 Å². The van der Waals surface area contributed by atoms with Gasteiger partial charge >= 0.3 is 5.97 Å². The maximum Gasteiger partial charge on any atom is 0.330 e. The first kappa shape index (κ1) is 12.6. The summed E-state index contributed by atoms with van der Waals surface area (Å²) in [5.74, 6) is -0.416. The average molecular weight is 319 g/mol. The van der Waals surface area contributed by atoms with E-state index >= 15 is 0 Å². The largest absolute Gasteiger partial charge is 0.466 e. The first-order valence-electron chi connectivity index (χ1n) is 10.3. The zero-order valence-electron chi connectivity index (χ0n) is 19.7. The van der Waals surface area contributed by atoms with Gasteiger partial charge in [-0.25, -0.2) is 4.79 Å². The molecule has 0 atom stereocenters. The number of ether oxygens (including phenoxy) is 1. The highest BCUT2D eigenvalue weighted by molar-refractivity contribution is 5.83. The van der Waals surface area contributed by atoms with E-state index in [4.69, 9.17) is 6.85 Å². The molecule has 0 aromatic heterocycles. The van der Waals surface area contributed by atoms with Crippen molar-refractivity contribution >= 4 is 5.97 Å². The lowest BCUT2D eigenvalue weighted by Crippen LogP contribution is -2.19. The zero-order valence-corrected chi connectivity index (χ0v) is 14.7. The maximum atomic E-state index is 11.2. The smallest absolute Gasteiger partial charge is 0.330 e. The van der Waals surface area contributed by atoms with Crippen LogP contribution in [0, 0.1) is 5.41 Å². The molecule has 0 fully saturated rings. The molecule has 0 saturated heterocycles. The average Bonchev–Trinajstić information content (AvgIpc) is 2.54. The van der Waals surface area contributed by atoms with E-state index in [1.165, 1.54) is 13.2 Å². The number of hydrogen-bond acceptors (Lipinski definition) is 2. The normalized spacial score (nSPS) is 25.7. The third-order valence-electron chi connectivity index (χ3n) is 3.83. The number of rotatable bonds is 5. The summed E-state index contributed by atoms with van der Waals surface area (Å²) < 4.78 is 44.5. The lowest BCUT2D eigenvalue weighted by atomic mass is 9.72. The molecule has 1 rings (SSSR count). The molecule has 126 valence electrons. The second kappa shape index (κ2) is 8.71. The van der Waals surface area contributed by atoms with Crippen LogP contribution < -0.4 is 0 Å². The summed E-state index contributed by atoms with van der Waals surface area (Å²) in [4.78, 5) is 11.2. The Bertz CT molecular complexity index is 747. The van der Waals surface area contributed by atoms with Crippen LogP contribution in [0.15, 0.2) is 58.7 Å². The molecule has 0 unspecified atom stereocenters. The van der Waals surface area contributed by atoms with Gasteiger partial charge in [0.2, 0.25) is 0 Å². The van der Waals surface area contributed by atoms with Crippen LogP contribution in [0.4, 0.5) is 0 Å². The van der Waals surface area contributed by atoms with Crippen LogP contribution in [0.5, 0.6) is 0 Å². The Morgan fingerprint density at radius 3 is 2.70 bits per heavy atom. The fourth-order valence-corrected chi connectivity index (χ4v) is 2.29. The van der Waals surface area contributed by atoms with Crippen LogP contribution in [0.25, 0.3) is 0 Å². The Hall–Kier alpha value is -1.83. The number of allylic oxidation sites excluding steroid dienone is 9. The summed E-state index contributed by atoms with van der Waals surface area (Å²) in [5.41, 5.74) is 1.66. The van der Waals surface area contributed by atoms with E-state index in [0.29, 0.717) is 12.0 Å². The molecule has 23 heavy (non-hydrogen) atoms. The molecule has 0 radical (unpaired) electrons. The molecule has 0 heterocycles. The van der Waals surface area contributed by atoms with E-state index < -0.39 is 24.6 Å². The van der Waals surface area contributed by atoms with E-state index in [1.54, 1.807) is 31.2 Å². The predicted molar refractivity (Wildman–Crippen MR) is 98.1 cm³/mol. The minimum absolute atomic E-state index is 0.0901. The fourth-order valence-electron chi connectivity index (χ4n) is 2.29. The summed E-state index contributed by atoms with van der Waals surface area (Å²) in [5, 5.41) is 0. The molecule has 0 aromatic rings. The molecule has 0 saturated carbocycles. The third kappa shape index (κ3) is 6.43. The lowest BCUT2D eigenvalue weighted by molar-refractivity contribution is -0.134. The van der Waals surface area contributed by atoms with Crippen molar-refractivity contribution in [2.45, 2.75) is 53.8 Å². The Labute approximate surface area is 148 Å². The van der Waals surface area contributed by atoms with Gasteiger partial charge in [-0.2, -0.15) is 0 Å². The lowest BCUT2D eigenvalue weighted by Gasteiger charge is -2.32. The highest BCUT2D eigenvalue weighted by Gasteiger charge is 2.26. The van der Waals surface area contributed by atoms with Gasteiger partial charge in [0.1, 0.15) is 0 Å². The zero-order chi connectivity index (χ0) is 21.8. The van der Waals surface area contributed by atoms with E-state index in [0.717, 1.165) is 11.1 Å². The van der Waals surface area contributed by atoms with E-state index in [-0.39, 0.29) is 12.0 Å². The molecular formula is C21H30O2. The molecule has 0 bridgehead atoms. The Balaban J connectivity index is 3.19. The molecule has 0 spiro atoms. The summed E-state index contributed by atoms with van der Waals surface area (Å²) >= 11 is 0. The van der Waals surface area contributed by atoms with Crippen molar-refractivity contribution in [3.63, 3.8) is 0 Å². The van der Waals surface area contributed by atoms with Gasteiger partial charge in [0.15, 0.2) is 0 Å². The van der Waals surface area contributed by atoms with Crippen molar-refractivity contribution in [2.24, 2.45) is 5.41 Å². The van der Waals surface area contributed by atoms with Crippen molar-refractivity contribution < 1.29 is 16.4 Å². The van der Waals surface area contributed by atoms with Gasteiger partial charge in [0.05, 0.1) is 7.11 Å². The van der Waals surface area contributed by atoms with Gasteiger partial charge in [0.25, 0.3) is 0 Å². The SMILES string of the molecule is [2H]C([2H])([2H])C1=C(/C=C/C(C)=C/C=C/C(C)=C\C(=O)OC)C(C)(C)CCC1([2H])[2H]. The predicted octanol–water partition coefficient (Wildman–Crippen LogP) is 5.69. The molecule has 0 N–H and O–H groups in total. The van der Waals surface area contributed by atoms with Gasteiger partial charge < -0.3 is 4.74 Å². The Morgan fingerprint density at radius 1 is 1.30 bits per heavy atom. The summed E-state index contributed by atoms with van der Waals surface area (Å²) in [6.45, 7) is 5.09. The minimum Gasteiger partial charge on any atom is -0.466 e. The van der Waals surface area contributed by atoms with Crippen LogP contribution >= 0.6 is 0 Å². The standard InChI is InChI=1S/C21H30O2/c1-16(9-7-10-17(2)15-20(22)23-6)12-13-19-18(3)11-8-14-21(19,4)5/h7,9-10,12-13,15H,8,11,14H2,1-6H3/b10-7+,13-12+,16-9+,17-15-/i3D3,11D2. The van der Waals surface area contributed by atoms with Crippen molar-refractivity contribution in [3.8, 4) is 0 Å². The molecular weight excluding hydrogens is 284 g/mol. The van der Waals surface area contributed by atoms with Crippen molar-refractivity contribution in [1.82, 2.24) is 0 Å². The van der Waals surface area contributed by atoms with Crippen molar-refractivity contribution in [2.75, 3.05) is 7.11 Å². The van der Waals surface area contributed by atoms with Crippen LogP contribution in [-0.2, 0) is 9.53 Å². The molecule has 2 heteroatoms. The maximum absolute atomic E-state index is 11.2. The molecule has 1 aliphatic rings. The number of hydrogen-bond donors (Lipinski definition) is 0. The van der Waals surface area contributed by atoms with Gasteiger partial charge in [-0.05, 0) is 56.5 Å². The van der Waals surface area contributed by atoms with Gasteiger partial charge in [-0.1, -0.05) is 55.4 Å². The number of carbonyl (C=O) groups is 1. The van der Waals surface area contributed by atoms with Crippen LogP contribution in [0.3, 0.4) is 0 Å². The first-order chi connectivity index (χ1) is 12.7. The van der Waals surface area contributed by atoms with Crippen LogP contribution in [0.2, 0.25) is 0 Å². The first-order valence-corrected chi connectivity index (χ1v) is 7.76. The number of esters is 1. The highest BCUT2D eigenvalue weighted by Crippen LogP contribution is 2.40. The monoisotopic (exact) mass is 319 g/mol. The Kier molecular flexibility index (Phi) is 4.76. The number of methoxy groups -OCH3 is 1. The van der Waals surface area contributed by atoms with E-state index in [9.17, 15) is 4.79 Å². The fraction of sp³-hybridized carbons (Fsp3) is 0.476. The second-order valence-corrected chi connectivity index (χ2v) is 6.36. The second-order valence-electron chi connectivity index (χ2n) is 6.36. The van der Waals surface area contributed by atoms with Crippen LogP contribution in [0.1, 0.15) is 60.6 Å². The molecule has 0 aliphatic heterocycles. The molecule has 1 aliphatic carbocycles.